The van der Waals surface area contributed by atoms with Gasteiger partial charge in [-0.3, -0.25) is 4.79 Å². The Kier molecular flexibility index (Phi) is 6.92. The summed E-state index contributed by atoms with van der Waals surface area (Å²) in [5.74, 6) is 1.53. The van der Waals surface area contributed by atoms with Crippen LogP contribution >= 0.6 is 15.9 Å². The molecule has 1 N–H and O–H groups in total. The van der Waals surface area contributed by atoms with Gasteiger partial charge in [0.2, 0.25) is 5.91 Å². The predicted octanol–water partition coefficient (Wildman–Crippen LogP) is 3.00. The van der Waals surface area contributed by atoms with Crippen LogP contribution in [0.15, 0.2) is 16.6 Å². The van der Waals surface area contributed by atoms with Crippen molar-refractivity contribution in [2.45, 2.75) is 46.2 Å². The predicted molar refractivity (Wildman–Crippen MR) is 98.8 cm³/mol. The summed E-state index contributed by atoms with van der Waals surface area (Å²) in [5, 5.41) is 3.40. The van der Waals surface area contributed by atoms with E-state index < -0.39 is 0 Å². The number of hydrogen-bond donors (Lipinski definition) is 1. The van der Waals surface area contributed by atoms with Crippen molar-refractivity contribution in [1.29, 1.82) is 0 Å². The maximum Gasteiger partial charge on any atom is 0.227 e. The van der Waals surface area contributed by atoms with Gasteiger partial charge in [-0.2, -0.15) is 0 Å². The number of piperazine rings is 1. The number of nitrogens with zero attached hydrogens (tertiary/aromatic N) is 1. The van der Waals surface area contributed by atoms with E-state index in [1.54, 1.807) is 0 Å². The molecule has 1 aliphatic heterocycles. The minimum atomic E-state index is 0.142. The van der Waals surface area contributed by atoms with Gasteiger partial charge in [-0.05, 0) is 45.4 Å². The molecule has 6 heteroatoms. The largest absolute Gasteiger partial charge is 0.490 e. The minimum Gasteiger partial charge on any atom is -0.490 e. The number of halogens is 1. The number of nitrogens with one attached hydrogen (secondary N) is 1. The first-order valence-corrected chi connectivity index (χ1v) is 9.38. The van der Waals surface area contributed by atoms with Gasteiger partial charge in [0.05, 0.1) is 19.6 Å². The molecule has 1 aromatic rings. The third kappa shape index (κ3) is 4.42. The van der Waals surface area contributed by atoms with Crippen LogP contribution in [-0.2, 0) is 11.2 Å². The van der Waals surface area contributed by atoms with E-state index in [1.807, 2.05) is 30.9 Å². The van der Waals surface area contributed by atoms with Crippen LogP contribution in [0, 0.1) is 0 Å². The monoisotopic (exact) mass is 398 g/mol. The molecule has 0 radical (unpaired) electrons. The lowest BCUT2D eigenvalue weighted by Crippen LogP contribution is -2.57. The quantitative estimate of drug-likeness (QED) is 0.799. The molecule has 0 aromatic heterocycles. The van der Waals surface area contributed by atoms with Crippen molar-refractivity contribution >= 4 is 21.8 Å². The fourth-order valence-electron chi connectivity index (χ4n) is 2.92. The molecule has 0 aliphatic carbocycles. The van der Waals surface area contributed by atoms with Crippen LogP contribution in [0.4, 0.5) is 0 Å². The van der Waals surface area contributed by atoms with Gasteiger partial charge < -0.3 is 19.7 Å². The maximum atomic E-state index is 12.8. The number of amides is 1. The molecular formula is C18H27BrN2O3. The van der Waals surface area contributed by atoms with E-state index in [1.165, 1.54) is 0 Å². The highest BCUT2D eigenvalue weighted by Gasteiger charge is 2.28. The summed E-state index contributed by atoms with van der Waals surface area (Å²) in [6, 6.07) is 4.30. The zero-order chi connectivity index (χ0) is 17.7. The number of hydrogen-bond acceptors (Lipinski definition) is 4. The molecule has 0 bridgehead atoms. The summed E-state index contributed by atoms with van der Waals surface area (Å²) in [6.07, 6.45) is 0.351. The van der Waals surface area contributed by atoms with Crippen molar-refractivity contribution < 1.29 is 14.3 Å². The third-order valence-corrected chi connectivity index (χ3v) is 5.15. The molecule has 1 saturated heterocycles. The molecule has 0 spiro atoms. The summed E-state index contributed by atoms with van der Waals surface area (Å²) in [5.41, 5.74) is 0.922. The molecular weight excluding hydrogens is 372 g/mol. The smallest absolute Gasteiger partial charge is 0.227 e. The Morgan fingerprint density at radius 1 is 1.25 bits per heavy atom. The third-order valence-electron chi connectivity index (χ3n) is 4.41. The fourth-order valence-corrected chi connectivity index (χ4v) is 3.38. The van der Waals surface area contributed by atoms with E-state index in [0.717, 1.165) is 23.1 Å². The SMILES string of the molecule is CCOc1cc(Br)c(CC(=O)N2CCNC(C)C2C)cc1OCC. The lowest BCUT2D eigenvalue weighted by Gasteiger charge is -2.38. The van der Waals surface area contributed by atoms with Crippen LogP contribution in [0.2, 0.25) is 0 Å². The molecule has 0 saturated carbocycles. The van der Waals surface area contributed by atoms with E-state index in [0.29, 0.717) is 37.2 Å². The zero-order valence-electron chi connectivity index (χ0n) is 14.9. The molecule has 5 nitrogen and oxygen atoms in total. The van der Waals surface area contributed by atoms with Crippen LogP contribution < -0.4 is 14.8 Å². The molecule has 1 aliphatic rings. The Labute approximate surface area is 152 Å². The number of ether oxygens (including phenoxy) is 2. The average molecular weight is 399 g/mol. The number of benzene rings is 1. The van der Waals surface area contributed by atoms with Gasteiger partial charge in [0.1, 0.15) is 0 Å². The molecule has 24 heavy (non-hydrogen) atoms. The highest BCUT2D eigenvalue weighted by Crippen LogP contribution is 2.34. The molecule has 134 valence electrons. The Morgan fingerprint density at radius 2 is 1.88 bits per heavy atom. The van der Waals surface area contributed by atoms with Gasteiger partial charge in [-0.1, -0.05) is 15.9 Å². The highest BCUT2D eigenvalue weighted by atomic mass is 79.9. The molecule has 1 aromatic carbocycles. The second-order valence-corrected chi connectivity index (χ2v) is 6.86. The molecule has 1 fully saturated rings. The number of carbonyl (C=O) groups is 1. The van der Waals surface area contributed by atoms with Crippen molar-refractivity contribution in [2.75, 3.05) is 26.3 Å². The standard InChI is InChI=1S/C18H27BrN2O3/c1-5-23-16-9-14(15(19)11-17(16)24-6-2)10-18(22)21-8-7-20-12(3)13(21)4/h9,11-13,20H,5-8,10H2,1-4H3. The van der Waals surface area contributed by atoms with Crippen molar-refractivity contribution in [1.82, 2.24) is 10.2 Å². The molecule has 2 atom stereocenters. The molecule has 1 amide bonds. The van der Waals surface area contributed by atoms with E-state index in [2.05, 4.69) is 35.1 Å². The summed E-state index contributed by atoms with van der Waals surface area (Å²) < 4.78 is 12.2. The first-order valence-electron chi connectivity index (χ1n) is 8.58. The lowest BCUT2D eigenvalue weighted by atomic mass is 10.0. The van der Waals surface area contributed by atoms with Crippen molar-refractivity contribution in [3.8, 4) is 11.5 Å². The van der Waals surface area contributed by atoms with E-state index in [-0.39, 0.29) is 11.9 Å². The van der Waals surface area contributed by atoms with Crippen LogP contribution in [0.1, 0.15) is 33.3 Å². The van der Waals surface area contributed by atoms with Gasteiger partial charge in [0.15, 0.2) is 11.5 Å². The fraction of sp³-hybridized carbons (Fsp3) is 0.611. The molecule has 2 unspecified atom stereocenters. The Morgan fingerprint density at radius 3 is 2.50 bits per heavy atom. The van der Waals surface area contributed by atoms with Gasteiger partial charge >= 0.3 is 0 Å². The van der Waals surface area contributed by atoms with E-state index in [4.69, 9.17) is 9.47 Å². The van der Waals surface area contributed by atoms with Gasteiger partial charge in [-0.15, -0.1) is 0 Å². The summed E-state index contributed by atoms with van der Waals surface area (Å²) >= 11 is 3.56. The van der Waals surface area contributed by atoms with Crippen molar-refractivity contribution in [3.05, 3.63) is 22.2 Å². The number of rotatable bonds is 6. The van der Waals surface area contributed by atoms with Gasteiger partial charge in [0, 0.05) is 29.6 Å². The second kappa shape index (κ2) is 8.72. The Balaban J connectivity index is 2.19. The summed E-state index contributed by atoms with van der Waals surface area (Å²) in [6.45, 7) is 10.8. The maximum absolute atomic E-state index is 12.8. The zero-order valence-corrected chi connectivity index (χ0v) is 16.5. The lowest BCUT2D eigenvalue weighted by molar-refractivity contribution is -0.134. The summed E-state index contributed by atoms with van der Waals surface area (Å²) in [4.78, 5) is 14.7. The van der Waals surface area contributed by atoms with Gasteiger partial charge in [-0.25, -0.2) is 0 Å². The minimum absolute atomic E-state index is 0.142. The van der Waals surface area contributed by atoms with Crippen LogP contribution in [-0.4, -0.2) is 49.2 Å². The Bertz CT molecular complexity index is 580. The highest BCUT2D eigenvalue weighted by molar-refractivity contribution is 9.10. The first kappa shape index (κ1) is 19.1. The average Bonchev–Trinajstić information content (AvgIpc) is 2.54. The van der Waals surface area contributed by atoms with Crippen LogP contribution in [0.5, 0.6) is 11.5 Å². The first-order chi connectivity index (χ1) is 11.5. The van der Waals surface area contributed by atoms with E-state index >= 15 is 0 Å². The number of carbonyl (C=O) groups excluding carboxylic acids is 1. The van der Waals surface area contributed by atoms with Crippen molar-refractivity contribution in [2.24, 2.45) is 0 Å². The molecule has 2 rings (SSSR count). The van der Waals surface area contributed by atoms with Crippen molar-refractivity contribution in [3.63, 3.8) is 0 Å². The normalized spacial score (nSPS) is 20.8. The van der Waals surface area contributed by atoms with Crippen LogP contribution in [0.25, 0.3) is 0 Å². The van der Waals surface area contributed by atoms with Crippen LogP contribution in [0.3, 0.4) is 0 Å². The second-order valence-electron chi connectivity index (χ2n) is 6.00. The van der Waals surface area contributed by atoms with Gasteiger partial charge in [0.25, 0.3) is 0 Å². The Hall–Kier alpha value is -1.27. The molecule has 1 heterocycles. The van der Waals surface area contributed by atoms with E-state index in [9.17, 15) is 4.79 Å². The topological polar surface area (TPSA) is 50.8 Å². The summed E-state index contributed by atoms with van der Waals surface area (Å²) in [7, 11) is 0.